The Bertz CT molecular complexity index is 749. The van der Waals surface area contributed by atoms with Gasteiger partial charge in [-0.1, -0.05) is 11.6 Å². The van der Waals surface area contributed by atoms with Gasteiger partial charge >= 0.3 is 0 Å². The van der Waals surface area contributed by atoms with Crippen molar-refractivity contribution >= 4 is 33.0 Å². The van der Waals surface area contributed by atoms with Crippen LogP contribution in [0.4, 0.5) is 20.2 Å². The van der Waals surface area contributed by atoms with Crippen LogP contribution in [0.15, 0.2) is 41.3 Å². The molecule has 0 aliphatic heterocycles. The number of rotatable bonds is 3. The third-order valence-corrected chi connectivity index (χ3v) is 4.02. The first-order valence-corrected chi connectivity index (χ1v) is 7.18. The second kappa shape index (κ2) is 5.26. The normalized spacial score (nSPS) is 11.3. The van der Waals surface area contributed by atoms with Crippen molar-refractivity contribution in [2.24, 2.45) is 0 Å². The summed E-state index contributed by atoms with van der Waals surface area (Å²) in [5.41, 5.74) is 5.04. The van der Waals surface area contributed by atoms with Crippen molar-refractivity contribution in [1.29, 1.82) is 0 Å². The van der Waals surface area contributed by atoms with E-state index in [0.29, 0.717) is 0 Å². The second-order valence-corrected chi connectivity index (χ2v) is 6.01. The Kier molecular flexibility index (Phi) is 3.82. The van der Waals surface area contributed by atoms with E-state index in [4.69, 9.17) is 17.3 Å². The summed E-state index contributed by atoms with van der Waals surface area (Å²) in [6, 6.07) is 6.60. The van der Waals surface area contributed by atoms with Gasteiger partial charge in [0, 0.05) is 10.7 Å². The lowest BCUT2D eigenvalue weighted by atomic mass is 10.3. The summed E-state index contributed by atoms with van der Waals surface area (Å²) < 4.78 is 52.7. The van der Waals surface area contributed by atoms with Crippen molar-refractivity contribution in [2.45, 2.75) is 4.90 Å². The van der Waals surface area contributed by atoms with Gasteiger partial charge < -0.3 is 5.73 Å². The lowest BCUT2D eigenvalue weighted by Crippen LogP contribution is -2.15. The largest absolute Gasteiger partial charge is 0.396 e. The zero-order chi connectivity index (χ0) is 14.9. The molecule has 0 radical (unpaired) electrons. The van der Waals surface area contributed by atoms with Crippen molar-refractivity contribution in [2.75, 3.05) is 10.5 Å². The maximum absolute atomic E-state index is 13.8. The van der Waals surface area contributed by atoms with Crippen molar-refractivity contribution in [1.82, 2.24) is 0 Å². The first kappa shape index (κ1) is 14.5. The van der Waals surface area contributed by atoms with Gasteiger partial charge in [0.15, 0.2) is 5.82 Å². The Hall–Kier alpha value is -1.86. The van der Waals surface area contributed by atoms with Gasteiger partial charge in [0.2, 0.25) is 0 Å². The van der Waals surface area contributed by atoms with E-state index in [1.807, 2.05) is 0 Å². The number of nitrogens with two attached hydrogens (primary N) is 1. The molecule has 2 aromatic carbocycles. The first-order valence-electron chi connectivity index (χ1n) is 5.32. The summed E-state index contributed by atoms with van der Waals surface area (Å²) in [4.78, 5) is -0.674. The molecule has 2 aromatic rings. The van der Waals surface area contributed by atoms with Crippen LogP contribution in [0.25, 0.3) is 0 Å². The van der Waals surface area contributed by atoms with E-state index in [1.165, 1.54) is 12.1 Å². The standard InChI is InChI=1S/C12H9ClF2N2O2S/c13-7-5-10(16)12(15)11(6-7)20(18,19)17-9-3-1-8(14)2-4-9/h1-6,17H,16H2. The van der Waals surface area contributed by atoms with Gasteiger partial charge in [-0.3, -0.25) is 4.72 Å². The second-order valence-electron chi connectivity index (χ2n) is 3.92. The van der Waals surface area contributed by atoms with E-state index >= 15 is 0 Å². The minimum atomic E-state index is -4.21. The third kappa shape index (κ3) is 3.00. The highest BCUT2D eigenvalue weighted by Gasteiger charge is 2.22. The molecule has 2 rings (SSSR count). The van der Waals surface area contributed by atoms with Crippen molar-refractivity contribution in [3.63, 3.8) is 0 Å². The smallest absolute Gasteiger partial charge is 0.264 e. The van der Waals surface area contributed by atoms with Crippen LogP contribution in [-0.2, 0) is 10.0 Å². The van der Waals surface area contributed by atoms with E-state index in [9.17, 15) is 17.2 Å². The lowest BCUT2D eigenvalue weighted by molar-refractivity contribution is 0.573. The number of nitrogens with one attached hydrogen (secondary N) is 1. The van der Waals surface area contributed by atoms with E-state index in [-0.39, 0.29) is 16.4 Å². The fraction of sp³-hybridized carbons (Fsp3) is 0. The van der Waals surface area contributed by atoms with Crippen LogP contribution in [0.5, 0.6) is 0 Å². The van der Waals surface area contributed by atoms with Crippen LogP contribution in [0.1, 0.15) is 0 Å². The van der Waals surface area contributed by atoms with Crippen LogP contribution < -0.4 is 10.5 Å². The van der Waals surface area contributed by atoms with Gasteiger partial charge in [-0.15, -0.1) is 0 Å². The van der Waals surface area contributed by atoms with Gasteiger partial charge in [0.05, 0.1) is 5.69 Å². The number of halogens is 3. The first-order chi connectivity index (χ1) is 9.29. The molecule has 0 saturated heterocycles. The Morgan fingerprint density at radius 1 is 1.10 bits per heavy atom. The van der Waals surface area contributed by atoms with E-state index in [0.717, 1.165) is 24.3 Å². The predicted molar refractivity (Wildman–Crippen MR) is 73.0 cm³/mol. The van der Waals surface area contributed by atoms with Crippen LogP contribution in [0, 0.1) is 11.6 Å². The zero-order valence-corrected chi connectivity index (χ0v) is 11.5. The fourth-order valence-corrected chi connectivity index (χ4v) is 2.99. The summed E-state index contributed by atoms with van der Waals surface area (Å²) in [7, 11) is -4.21. The molecular weight excluding hydrogens is 310 g/mol. The summed E-state index contributed by atoms with van der Waals surface area (Å²) in [5.74, 6) is -1.62. The van der Waals surface area contributed by atoms with E-state index in [2.05, 4.69) is 4.72 Å². The maximum Gasteiger partial charge on any atom is 0.264 e. The number of hydrogen-bond acceptors (Lipinski definition) is 3. The third-order valence-electron chi connectivity index (χ3n) is 2.42. The molecule has 8 heteroatoms. The molecule has 0 aliphatic rings. The monoisotopic (exact) mass is 318 g/mol. The molecule has 0 atom stereocenters. The van der Waals surface area contributed by atoms with Gasteiger partial charge in [-0.2, -0.15) is 0 Å². The zero-order valence-electron chi connectivity index (χ0n) is 9.90. The van der Waals surface area contributed by atoms with Gasteiger partial charge in [0.1, 0.15) is 10.7 Å². The van der Waals surface area contributed by atoms with Gasteiger partial charge in [0.25, 0.3) is 10.0 Å². The highest BCUT2D eigenvalue weighted by atomic mass is 35.5. The Balaban J connectivity index is 2.43. The molecule has 0 aliphatic carbocycles. The minimum absolute atomic E-state index is 0.0108. The van der Waals surface area contributed by atoms with E-state index in [1.54, 1.807) is 0 Å². The van der Waals surface area contributed by atoms with Crippen molar-refractivity contribution in [3.05, 3.63) is 53.1 Å². The average molecular weight is 319 g/mol. The average Bonchev–Trinajstić information content (AvgIpc) is 2.36. The van der Waals surface area contributed by atoms with Crippen LogP contribution >= 0.6 is 11.6 Å². The summed E-state index contributed by atoms with van der Waals surface area (Å²) in [6.07, 6.45) is 0. The van der Waals surface area contributed by atoms with Gasteiger partial charge in [-0.25, -0.2) is 17.2 Å². The molecule has 3 N–H and O–H groups in total. The topological polar surface area (TPSA) is 72.2 Å². The minimum Gasteiger partial charge on any atom is -0.396 e. The number of hydrogen-bond donors (Lipinski definition) is 2. The van der Waals surface area contributed by atoms with E-state index < -0.39 is 26.6 Å². The highest BCUT2D eigenvalue weighted by Crippen LogP contribution is 2.26. The molecule has 0 heterocycles. The van der Waals surface area contributed by atoms with Crippen LogP contribution in [0.3, 0.4) is 0 Å². The summed E-state index contributed by atoms with van der Waals surface area (Å²) in [6.45, 7) is 0. The molecule has 0 amide bonds. The molecule has 0 fully saturated rings. The quantitative estimate of drug-likeness (QED) is 0.854. The van der Waals surface area contributed by atoms with Gasteiger partial charge in [-0.05, 0) is 36.4 Å². The van der Waals surface area contributed by atoms with Crippen molar-refractivity contribution < 1.29 is 17.2 Å². The number of benzene rings is 2. The molecule has 4 nitrogen and oxygen atoms in total. The molecule has 106 valence electrons. The molecule has 0 spiro atoms. The summed E-state index contributed by atoms with van der Waals surface area (Å²) >= 11 is 5.66. The van der Waals surface area contributed by atoms with Crippen LogP contribution in [-0.4, -0.2) is 8.42 Å². The number of nitrogen functional groups attached to an aromatic ring is 1. The molecule has 0 bridgehead atoms. The predicted octanol–water partition coefficient (Wildman–Crippen LogP) is 3.00. The SMILES string of the molecule is Nc1cc(Cl)cc(S(=O)(=O)Nc2ccc(F)cc2)c1F. The molecule has 0 saturated carbocycles. The molecule has 20 heavy (non-hydrogen) atoms. The molecular formula is C12H9ClF2N2O2S. The molecule has 0 unspecified atom stereocenters. The maximum atomic E-state index is 13.8. The lowest BCUT2D eigenvalue weighted by Gasteiger charge is -2.10. The Morgan fingerprint density at radius 3 is 2.30 bits per heavy atom. The Morgan fingerprint density at radius 2 is 1.70 bits per heavy atom. The fourth-order valence-electron chi connectivity index (χ4n) is 1.51. The number of sulfonamides is 1. The van der Waals surface area contributed by atoms with Crippen molar-refractivity contribution in [3.8, 4) is 0 Å². The summed E-state index contributed by atoms with van der Waals surface area (Å²) in [5, 5.41) is -0.0108. The highest BCUT2D eigenvalue weighted by molar-refractivity contribution is 7.92. The van der Waals surface area contributed by atoms with Crippen LogP contribution in [0.2, 0.25) is 5.02 Å². The molecule has 0 aromatic heterocycles. The Labute approximate surface area is 119 Å². The number of anilines is 2.